The zero-order valence-corrected chi connectivity index (χ0v) is 12.0. The molecule has 0 saturated carbocycles. The fourth-order valence-corrected chi connectivity index (χ4v) is 2.65. The molecule has 2 nitrogen and oxygen atoms in total. The summed E-state index contributed by atoms with van der Waals surface area (Å²) in [6.45, 7) is 2.14. The zero-order valence-electron chi connectivity index (χ0n) is 10.4. The molecule has 1 unspecified atom stereocenters. The summed E-state index contributed by atoms with van der Waals surface area (Å²) in [5.74, 6) is 0.796. The van der Waals surface area contributed by atoms with Crippen molar-refractivity contribution in [3.63, 3.8) is 0 Å². The van der Waals surface area contributed by atoms with Crippen LogP contribution in [0, 0.1) is 11.3 Å². The van der Waals surface area contributed by atoms with E-state index in [1.807, 2.05) is 24.3 Å². The molecule has 0 heterocycles. The van der Waals surface area contributed by atoms with E-state index in [1.165, 1.54) is 0 Å². The van der Waals surface area contributed by atoms with Crippen LogP contribution in [0.3, 0.4) is 0 Å². The van der Waals surface area contributed by atoms with Gasteiger partial charge in [0.25, 0.3) is 0 Å². The Morgan fingerprint density at radius 2 is 2.12 bits per heavy atom. The number of nitriles is 1. The van der Waals surface area contributed by atoms with Gasteiger partial charge in [0, 0.05) is 10.9 Å². The fourth-order valence-electron chi connectivity index (χ4n) is 1.94. The Hall–Kier alpha value is -1.01. The summed E-state index contributed by atoms with van der Waals surface area (Å²) in [7, 11) is 1.65. The topological polar surface area (TPSA) is 33.0 Å². The lowest BCUT2D eigenvalue weighted by molar-refractivity contribution is 0.396. The quantitative estimate of drug-likeness (QED) is 0.742. The van der Waals surface area contributed by atoms with Crippen molar-refractivity contribution in [2.24, 2.45) is 0 Å². The Morgan fingerprint density at radius 3 is 2.65 bits per heavy atom. The normalized spacial score (nSPS) is 13.8. The van der Waals surface area contributed by atoms with Crippen LogP contribution in [0.2, 0.25) is 0 Å². The molecule has 0 spiro atoms. The largest absolute Gasteiger partial charge is 0.496 e. The Balaban J connectivity index is 3.17. The third-order valence-corrected chi connectivity index (χ3v) is 3.98. The van der Waals surface area contributed by atoms with Crippen LogP contribution in [0.1, 0.15) is 31.7 Å². The van der Waals surface area contributed by atoms with Crippen molar-refractivity contribution in [3.05, 3.63) is 29.8 Å². The van der Waals surface area contributed by atoms with E-state index in [0.717, 1.165) is 30.6 Å². The van der Waals surface area contributed by atoms with Gasteiger partial charge in [0.1, 0.15) is 5.75 Å². The van der Waals surface area contributed by atoms with E-state index >= 15 is 0 Å². The number of methoxy groups -OCH3 is 1. The Labute approximate surface area is 112 Å². The van der Waals surface area contributed by atoms with Gasteiger partial charge in [-0.2, -0.15) is 5.26 Å². The summed E-state index contributed by atoms with van der Waals surface area (Å²) in [4.78, 5) is 0. The van der Waals surface area contributed by atoms with E-state index in [1.54, 1.807) is 7.11 Å². The summed E-state index contributed by atoms with van der Waals surface area (Å²) in [6, 6.07) is 10.2. The first kappa shape index (κ1) is 14.1. The number of unbranched alkanes of at least 4 members (excludes halogenated alkanes) is 1. The van der Waals surface area contributed by atoms with Crippen LogP contribution in [0.4, 0.5) is 0 Å². The molecule has 3 heteroatoms. The first-order chi connectivity index (χ1) is 8.24. The molecule has 0 bridgehead atoms. The molecule has 0 radical (unpaired) electrons. The fraction of sp³-hybridized carbons (Fsp3) is 0.500. The van der Waals surface area contributed by atoms with Crippen molar-refractivity contribution in [2.75, 3.05) is 12.4 Å². The van der Waals surface area contributed by atoms with Crippen LogP contribution in [0.15, 0.2) is 24.3 Å². The molecule has 0 aliphatic heterocycles. The lowest BCUT2D eigenvalue weighted by Gasteiger charge is -2.26. The molecule has 0 saturated heterocycles. The molecule has 1 rings (SSSR count). The van der Waals surface area contributed by atoms with Gasteiger partial charge in [0.05, 0.1) is 18.6 Å². The molecule has 0 amide bonds. The highest BCUT2D eigenvalue weighted by atomic mass is 79.9. The first-order valence-corrected chi connectivity index (χ1v) is 6.97. The Kier molecular flexibility index (Phi) is 5.50. The van der Waals surface area contributed by atoms with E-state index in [9.17, 15) is 5.26 Å². The Bertz CT molecular complexity index is 399. The standard InChI is InChI=1S/C14H18BrNO/c1-3-4-9-14(10-15,11-16)12-7-5-6-8-13(12)17-2/h5-8H,3-4,9-10H2,1-2H3. The number of halogens is 1. The number of ether oxygens (including phenoxy) is 1. The number of nitrogens with zero attached hydrogens (tertiary/aromatic N) is 1. The van der Waals surface area contributed by atoms with Gasteiger partial charge >= 0.3 is 0 Å². The number of benzene rings is 1. The molecule has 0 aromatic heterocycles. The zero-order chi connectivity index (χ0) is 12.7. The van der Waals surface area contributed by atoms with E-state index in [2.05, 4.69) is 28.9 Å². The number of rotatable bonds is 6. The number of alkyl halides is 1. The maximum atomic E-state index is 9.54. The molecule has 0 fully saturated rings. The minimum absolute atomic E-state index is 0.484. The summed E-state index contributed by atoms with van der Waals surface area (Å²) >= 11 is 3.49. The summed E-state index contributed by atoms with van der Waals surface area (Å²) in [6.07, 6.45) is 2.98. The van der Waals surface area contributed by atoms with E-state index in [4.69, 9.17) is 4.74 Å². The summed E-state index contributed by atoms with van der Waals surface area (Å²) in [5, 5.41) is 10.2. The van der Waals surface area contributed by atoms with Crippen LogP contribution in [-0.2, 0) is 5.41 Å². The van der Waals surface area contributed by atoms with Gasteiger partial charge in [-0.1, -0.05) is 53.9 Å². The summed E-state index contributed by atoms with van der Waals surface area (Å²) in [5.41, 5.74) is 0.498. The van der Waals surface area contributed by atoms with Crippen molar-refractivity contribution < 1.29 is 4.74 Å². The number of hydrogen-bond acceptors (Lipinski definition) is 2. The van der Waals surface area contributed by atoms with Crippen molar-refractivity contribution in [3.8, 4) is 11.8 Å². The van der Waals surface area contributed by atoms with Gasteiger partial charge in [-0.05, 0) is 12.5 Å². The van der Waals surface area contributed by atoms with Gasteiger partial charge in [-0.15, -0.1) is 0 Å². The van der Waals surface area contributed by atoms with Crippen LogP contribution < -0.4 is 4.74 Å². The van der Waals surface area contributed by atoms with Gasteiger partial charge in [0.15, 0.2) is 0 Å². The van der Waals surface area contributed by atoms with Crippen molar-refractivity contribution in [2.45, 2.75) is 31.6 Å². The average molecular weight is 296 g/mol. The predicted molar refractivity (Wildman–Crippen MR) is 73.6 cm³/mol. The second kappa shape index (κ2) is 6.66. The van der Waals surface area contributed by atoms with Crippen molar-refractivity contribution >= 4 is 15.9 Å². The van der Waals surface area contributed by atoms with E-state index < -0.39 is 5.41 Å². The molecule has 1 aromatic rings. The maximum Gasteiger partial charge on any atom is 0.123 e. The number of para-hydroxylation sites is 1. The molecule has 0 N–H and O–H groups in total. The highest BCUT2D eigenvalue weighted by Crippen LogP contribution is 2.37. The van der Waals surface area contributed by atoms with Gasteiger partial charge in [0.2, 0.25) is 0 Å². The van der Waals surface area contributed by atoms with Gasteiger partial charge in [-0.3, -0.25) is 0 Å². The smallest absolute Gasteiger partial charge is 0.123 e. The molecular weight excluding hydrogens is 278 g/mol. The third-order valence-electron chi connectivity index (χ3n) is 3.02. The van der Waals surface area contributed by atoms with E-state index in [-0.39, 0.29) is 0 Å². The third kappa shape index (κ3) is 3.01. The lowest BCUT2D eigenvalue weighted by atomic mass is 9.79. The molecule has 92 valence electrons. The maximum absolute atomic E-state index is 9.54. The minimum Gasteiger partial charge on any atom is -0.496 e. The monoisotopic (exact) mass is 295 g/mol. The Morgan fingerprint density at radius 1 is 1.41 bits per heavy atom. The molecule has 17 heavy (non-hydrogen) atoms. The van der Waals surface area contributed by atoms with Crippen LogP contribution in [-0.4, -0.2) is 12.4 Å². The van der Waals surface area contributed by atoms with Crippen molar-refractivity contribution in [1.82, 2.24) is 0 Å². The molecular formula is C14H18BrNO. The highest BCUT2D eigenvalue weighted by molar-refractivity contribution is 9.09. The molecule has 1 aromatic carbocycles. The highest BCUT2D eigenvalue weighted by Gasteiger charge is 2.33. The van der Waals surface area contributed by atoms with Crippen LogP contribution in [0.5, 0.6) is 5.75 Å². The van der Waals surface area contributed by atoms with Crippen LogP contribution in [0.25, 0.3) is 0 Å². The predicted octanol–water partition coefficient (Wildman–Crippen LogP) is 4.04. The van der Waals surface area contributed by atoms with Gasteiger partial charge in [-0.25, -0.2) is 0 Å². The minimum atomic E-state index is -0.484. The second-order valence-corrected chi connectivity index (χ2v) is 4.69. The SMILES string of the molecule is CCCCC(C#N)(CBr)c1ccccc1OC. The van der Waals surface area contributed by atoms with Crippen LogP contribution >= 0.6 is 15.9 Å². The molecule has 1 atom stereocenters. The van der Waals surface area contributed by atoms with Gasteiger partial charge < -0.3 is 4.74 Å². The van der Waals surface area contributed by atoms with Crippen molar-refractivity contribution in [1.29, 1.82) is 5.26 Å². The molecule has 0 aliphatic rings. The second-order valence-electron chi connectivity index (χ2n) is 4.13. The summed E-state index contributed by atoms with van der Waals surface area (Å²) < 4.78 is 5.36. The first-order valence-electron chi connectivity index (χ1n) is 5.84. The van der Waals surface area contributed by atoms with E-state index in [0.29, 0.717) is 5.33 Å². The molecule has 0 aliphatic carbocycles. The lowest BCUT2D eigenvalue weighted by Crippen LogP contribution is -2.26. The number of hydrogen-bond donors (Lipinski definition) is 0. The average Bonchev–Trinajstić information content (AvgIpc) is 2.41.